The molecule has 1 aromatic rings. The Morgan fingerprint density at radius 2 is 2.12 bits per heavy atom. The molecule has 1 aromatic carbocycles. The lowest BCUT2D eigenvalue weighted by atomic mass is 10.1. The molecule has 0 heterocycles. The third-order valence-electron chi connectivity index (χ3n) is 2.40. The first-order chi connectivity index (χ1) is 7.92. The molecule has 0 bridgehead atoms. The Labute approximate surface area is 105 Å². The van der Waals surface area contributed by atoms with Crippen LogP contribution in [0.25, 0.3) is 0 Å². The minimum Gasteiger partial charge on any atom is -0.395 e. The molecule has 0 aliphatic rings. The summed E-state index contributed by atoms with van der Waals surface area (Å²) in [4.78, 5) is 11.9. The van der Waals surface area contributed by atoms with Crippen molar-refractivity contribution in [2.24, 2.45) is 0 Å². The number of hydrogen-bond donors (Lipinski definition) is 1. The molecule has 0 spiro atoms. The number of ketones is 1. The van der Waals surface area contributed by atoms with Gasteiger partial charge in [-0.15, -0.1) is 0 Å². The molecule has 0 aliphatic heterocycles. The predicted octanol–water partition coefficient (Wildman–Crippen LogP) is 1.32. The summed E-state index contributed by atoms with van der Waals surface area (Å²) in [6.07, 6.45) is 0. The molecule has 1 unspecified atom stereocenters. The monoisotopic (exact) mass is 276 g/mol. The first-order valence-electron chi connectivity index (χ1n) is 5.04. The van der Waals surface area contributed by atoms with E-state index in [1.165, 1.54) is 19.1 Å². The van der Waals surface area contributed by atoms with Gasteiger partial charge in [0, 0.05) is 16.3 Å². The number of carbonyl (C=O) groups excluding carboxylic acids is 1. The Kier molecular flexibility index (Phi) is 4.68. The molecule has 1 atom stereocenters. The maximum absolute atomic E-state index is 11.9. The van der Waals surface area contributed by atoms with Crippen LogP contribution in [0.15, 0.2) is 24.3 Å². The number of hydrogen-bond acceptors (Lipinski definition) is 4. The van der Waals surface area contributed by atoms with Crippen molar-refractivity contribution in [2.45, 2.75) is 12.2 Å². The molecule has 0 radical (unpaired) electrons. The van der Waals surface area contributed by atoms with E-state index in [0.717, 1.165) is 0 Å². The molecular weight excluding hydrogens is 264 g/mol. The van der Waals surface area contributed by atoms with Gasteiger partial charge in [-0.1, -0.05) is 30.7 Å². The van der Waals surface area contributed by atoms with Gasteiger partial charge in [0.25, 0.3) is 0 Å². The van der Waals surface area contributed by atoms with Gasteiger partial charge in [-0.2, -0.15) is 0 Å². The van der Waals surface area contributed by atoms with Crippen molar-refractivity contribution in [1.82, 2.24) is 0 Å². The first kappa shape index (κ1) is 14.2. The molecule has 6 heteroatoms. The Bertz CT molecular complexity index is 510. The highest BCUT2D eigenvalue weighted by Crippen LogP contribution is 2.15. The fraction of sp³-hybridized carbons (Fsp3) is 0.364. The molecule has 0 saturated heterocycles. The lowest BCUT2D eigenvalue weighted by Crippen LogP contribution is -2.35. The maximum atomic E-state index is 11.9. The van der Waals surface area contributed by atoms with Gasteiger partial charge in [-0.3, -0.25) is 4.79 Å². The average Bonchev–Trinajstić information content (AvgIpc) is 2.29. The summed E-state index contributed by atoms with van der Waals surface area (Å²) >= 11 is 5.72. The summed E-state index contributed by atoms with van der Waals surface area (Å²) in [6, 6.07) is 6.00. The smallest absolute Gasteiger partial charge is 0.183 e. The van der Waals surface area contributed by atoms with E-state index in [0.29, 0.717) is 5.02 Å². The van der Waals surface area contributed by atoms with Crippen LogP contribution in [-0.2, 0) is 9.84 Å². The molecule has 0 aliphatic carbocycles. The normalized spacial score (nSPS) is 13.4. The third kappa shape index (κ3) is 3.28. The summed E-state index contributed by atoms with van der Waals surface area (Å²) in [5.41, 5.74) is 0.188. The number of rotatable bonds is 5. The molecule has 94 valence electrons. The number of benzene rings is 1. The second-order valence-electron chi connectivity index (χ2n) is 3.50. The van der Waals surface area contributed by atoms with Crippen LogP contribution < -0.4 is 0 Å². The number of sulfone groups is 1. The van der Waals surface area contributed by atoms with Crippen molar-refractivity contribution >= 4 is 27.2 Å². The largest absolute Gasteiger partial charge is 0.395 e. The van der Waals surface area contributed by atoms with Gasteiger partial charge in [0.15, 0.2) is 15.6 Å². The fourth-order valence-corrected chi connectivity index (χ4v) is 2.67. The lowest BCUT2D eigenvalue weighted by molar-refractivity contribution is 0.0961. The lowest BCUT2D eigenvalue weighted by Gasteiger charge is -2.12. The van der Waals surface area contributed by atoms with Crippen LogP contribution in [0.1, 0.15) is 17.3 Å². The van der Waals surface area contributed by atoms with E-state index < -0.39 is 27.5 Å². The number of aliphatic hydroxyl groups is 1. The van der Waals surface area contributed by atoms with Crippen LogP contribution in [0.4, 0.5) is 0 Å². The van der Waals surface area contributed by atoms with Gasteiger partial charge in [-0.05, 0) is 12.1 Å². The average molecular weight is 277 g/mol. The summed E-state index contributed by atoms with van der Waals surface area (Å²) in [5.74, 6) is -0.818. The molecule has 0 fully saturated rings. The molecule has 1 N–H and O–H groups in total. The van der Waals surface area contributed by atoms with Gasteiger partial charge in [-0.25, -0.2) is 8.42 Å². The number of halogens is 1. The zero-order valence-electron chi connectivity index (χ0n) is 9.26. The Morgan fingerprint density at radius 3 is 2.59 bits per heavy atom. The fourth-order valence-electron chi connectivity index (χ4n) is 1.39. The topological polar surface area (TPSA) is 71.4 Å². The molecular formula is C11H13ClO4S. The summed E-state index contributed by atoms with van der Waals surface area (Å²) in [5, 5.41) is 8.00. The van der Waals surface area contributed by atoms with E-state index in [1.54, 1.807) is 12.1 Å². The van der Waals surface area contributed by atoms with Crippen LogP contribution in [-0.4, -0.2) is 36.9 Å². The standard InChI is InChI=1S/C11H13ClO4S/c1-2-17(15,16)10(7-13)11(14)8-4-3-5-9(12)6-8/h3-6,10,13H,2,7H2,1H3. The van der Waals surface area contributed by atoms with E-state index >= 15 is 0 Å². The van der Waals surface area contributed by atoms with Gasteiger partial charge >= 0.3 is 0 Å². The van der Waals surface area contributed by atoms with Gasteiger partial charge in [0.1, 0.15) is 5.25 Å². The molecule has 0 aromatic heterocycles. The van der Waals surface area contributed by atoms with Crippen molar-refractivity contribution in [3.05, 3.63) is 34.9 Å². The Balaban J connectivity index is 3.11. The molecule has 17 heavy (non-hydrogen) atoms. The quantitative estimate of drug-likeness (QED) is 0.824. The minimum absolute atomic E-state index is 0.188. The van der Waals surface area contributed by atoms with E-state index in [1.807, 2.05) is 0 Å². The minimum atomic E-state index is -3.61. The van der Waals surface area contributed by atoms with Crippen molar-refractivity contribution in [3.8, 4) is 0 Å². The van der Waals surface area contributed by atoms with Crippen LogP contribution >= 0.6 is 11.6 Å². The summed E-state index contributed by atoms with van der Waals surface area (Å²) in [6.45, 7) is 0.713. The Morgan fingerprint density at radius 1 is 1.47 bits per heavy atom. The second-order valence-corrected chi connectivity index (χ2v) is 6.41. The van der Waals surface area contributed by atoms with Crippen molar-refractivity contribution in [2.75, 3.05) is 12.4 Å². The number of Topliss-reactive ketones (excluding diaryl/α,β-unsaturated/α-hetero) is 1. The van der Waals surface area contributed by atoms with Crippen molar-refractivity contribution < 1.29 is 18.3 Å². The van der Waals surface area contributed by atoms with Crippen molar-refractivity contribution in [3.63, 3.8) is 0 Å². The van der Waals surface area contributed by atoms with Gasteiger partial charge in [0.2, 0.25) is 0 Å². The predicted molar refractivity (Wildman–Crippen MR) is 66.1 cm³/mol. The van der Waals surface area contributed by atoms with Gasteiger partial charge in [0.05, 0.1) is 6.61 Å². The molecule has 1 rings (SSSR count). The molecule has 4 nitrogen and oxygen atoms in total. The van der Waals surface area contributed by atoms with Gasteiger partial charge < -0.3 is 5.11 Å². The number of aliphatic hydroxyl groups excluding tert-OH is 1. The first-order valence-corrected chi connectivity index (χ1v) is 7.14. The summed E-state index contributed by atoms with van der Waals surface area (Å²) < 4.78 is 23.2. The van der Waals surface area contributed by atoms with E-state index in [2.05, 4.69) is 0 Å². The van der Waals surface area contributed by atoms with Crippen LogP contribution in [0.5, 0.6) is 0 Å². The highest BCUT2D eigenvalue weighted by molar-refractivity contribution is 7.92. The third-order valence-corrected chi connectivity index (χ3v) is 4.67. The van der Waals surface area contributed by atoms with E-state index in [-0.39, 0.29) is 11.3 Å². The highest BCUT2D eigenvalue weighted by Gasteiger charge is 2.31. The zero-order valence-corrected chi connectivity index (χ0v) is 10.8. The number of carbonyl (C=O) groups is 1. The maximum Gasteiger partial charge on any atom is 0.183 e. The zero-order chi connectivity index (χ0) is 13.1. The van der Waals surface area contributed by atoms with E-state index in [4.69, 9.17) is 16.7 Å². The SMILES string of the molecule is CCS(=O)(=O)C(CO)C(=O)c1cccc(Cl)c1. The van der Waals surface area contributed by atoms with E-state index in [9.17, 15) is 13.2 Å². The molecule has 0 saturated carbocycles. The van der Waals surface area contributed by atoms with Crippen molar-refractivity contribution in [1.29, 1.82) is 0 Å². The second kappa shape index (κ2) is 5.62. The van der Waals surface area contributed by atoms with Crippen LogP contribution in [0.2, 0.25) is 5.02 Å². The molecule has 0 amide bonds. The highest BCUT2D eigenvalue weighted by atomic mass is 35.5. The van der Waals surface area contributed by atoms with Crippen LogP contribution in [0.3, 0.4) is 0 Å². The Hall–Kier alpha value is -0.910. The van der Waals surface area contributed by atoms with Crippen LogP contribution in [0, 0.1) is 0 Å². The summed E-state index contributed by atoms with van der Waals surface area (Å²) in [7, 11) is -3.61.